The van der Waals surface area contributed by atoms with Crippen LogP contribution < -0.4 is 5.73 Å². The van der Waals surface area contributed by atoms with E-state index in [-0.39, 0.29) is 11.9 Å². The summed E-state index contributed by atoms with van der Waals surface area (Å²) in [5.41, 5.74) is 7.91. The van der Waals surface area contributed by atoms with Crippen LogP contribution in [0.25, 0.3) is 0 Å². The summed E-state index contributed by atoms with van der Waals surface area (Å²) < 4.78 is 10.3. The summed E-state index contributed by atoms with van der Waals surface area (Å²) in [4.78, 5) is 22.9. The van der Waals surface area contributed by atoms with Gasteiger partial charge in [-0.3, -0.25) is 4.79 Å². The highest BCUT2D eigenvalue weighted by molar-refractivity contribution is 5.86. The molecule has 1 aromatic carbocycles. The van der Waals surface area contributed by atoms with Crippen LogP contribution in [0, 0.1) is 0 Å². The lowest BCUT2D eigenvalue weighted by atomic mass is 10.1. The van der Waals surface area contributed by atoms with Crippen molar-refractivity contribution in [2.75, 3.05) is 18.9 Å². The van der Waals surface area contributed by atoms with Gasteiger partial charge in [0.05, 0.1) is 13.2 Å². The molecule has 26 heavy (non-hydrogen) atoms. The molecule has 0 bridgehead atoms. The summed E-state index contributed by atoms with van der Waals surface area (Å²) in [5.74, 6) is -0.452. The molecule has 1 aromatic rings. The van der Waals surface area contributed by atoms with E-state index in [2.05, 4.69) is 6.58 Å². The first-order valence-corrected chi connectivity index (χ1v) is 9.31. The normalized spacial score (nSPS) is 10.3. The summed E-state index contributed by atoms with van der Waals surface area (Å²) in [6.45, 7) is 6.04. The molecule has 0 fully saturated rings. The van der Waals surface area contributed by atoms with Gasteiger partial charge in [-0.2, -0.15) is 0 Å². The third-order valence-corrected chi connectivity index (χ3v) is 3.99. The number of hydrogen-bond donors (Lipinski definition) is 1. The molecule has 5 nitrogen and oxygen atoms in total. The maximum absolute atomic E-state index is 11.7. The largest absolute Gasteiger partial charge is 0.465 e. The minimum atomic E-state index is -0.320. The van der Waals surface area contributed by atoms with E-state index in [0.717, 1.165) is 49.8 Å². The summed E-state index contributed by atoms with van der Waals surface area (Å²) in [7, 11) is 0. The van der Waals surface area contributed by atoms with Crippen molar-refractivity contribution in [2.45, 2.75) is 58.3 Å². The Kier molecular flexibility index (Phi) is 10.9. The molecule has 5 heteroatoms. The van der Waals surface area contributed by atoms with Crippen LogP contribution in [0.2, 0.25) is 0 Å². The van der Waals surface area contributed by atoms with Gasteiger partial charge in [0, 0.05) is 24.1 Å². The van der Waals surface area contributed by atoms with Crippen molar-refractivity contribution in [3.05, 3.63) is 42.0 Å². The molecular formula is C21H31NO4. The number of ether oxygens (including phenoxy) is 2. The Hall–Kier alpha value is -2.30. The smallest absolute Gasteiger partial charge is 0.333 e. The Morgan fingerprint density at radius 2 is 1.54 bits per heavy atom. The van der Waals surface area contributed by atoms with Crippen LogP contribution in [0.1, 0.15) is 57.4 Å². The maximum atomic E-state index is 11.7. The number of carbonyl (C=O) groups is 2. The van der Waals surface area contributed by atoms with Crippen molar-refractivity contribution < 1.29 is 19.1 Å². The van der Waals surface area contributed by atoms with Gasteiger partial charge < -0.3 is 15.2 Å². The van der Waals surface area contributed by atoms with E-state index < -0.39 is 0 Å². The first-order valence-electron chi connectivity index (χ1n) is 9.31. The van der Waals surface area contributed by atoms with E-state index in [9.17, 15) is 9.59 Å². The van der Waals surface area contributed by atoms with Gasteiger partial charge in [-0.15, -0.1) is 0 Å². The predicted molar refractivity (Wildman–Crippen MR) is 104 cm³/mol. The summed E-state index contributed by atoms with van der Waals surface area (Å²) in [5, 5.41) is 0. The maximum Gasteiger partial charge on any atom is 0.333 e. The molecule has 0 heterocycles. The minimum Gasteiger partial charge on any atom is -0.465 e. The number of esters is 2. The molecular weight excluding hydrogens is 330 g/mol. The topological polar surface area (TPSA) is 78.6 Å². The van der Waals surface area contributed by atoms with E-state index in [4.69, 9.17) is 15.2 Å². The highest BCUT2D eigenvalue weighted by Crippen LogP contribution is 2.09. The van der Waals surface area contributed by atoms with Gasteiger partial charge in [0.25, 0.3) is 0 Å². The number of rotatable bonds is 13. The molecule has 0 aromatic heterocycles. The highest BCUT2D eigenvalue weighted by Gasteiger charge is 2.04. The SMILES string of the molecule is C=C(C)C(=O)OCCCCCCCCC(=O)OCCc1ccc(N)cc1. The van der Waals surface area contributed by atoms with Gasteiger partial charge in [0.2, 0.25) is 0 Å². The van der Waals surface area contributed by atoms with Gasteiger partial charge in [0.1, 0.15) is 0 Å². The lowest BCUT2D eigenvalue weighted by Crippen LogP contribution is -2.07. The summed E-state index contributed by atoms with van der Waals surface area (Å²) in [6.07, 6.45) is 7.09. The van der Waals surface area contributed by atoms with Gasteiger partial charge in [-0.25, -0.2) is 4.79 Å². The number of hydrogen-bond acceptors (Lipinski definition) is 5. The Morgan fingerprint density at radius 3 is 2.19 bits per heavy atom. The zero-order valence-corrected chi connectivity index (χ0v) is 15.8. The van der Waals surface area contributed by atoms with E-state index >= 15 is 0 Å². The van der Waals surface area contributed by atoms with E-state index in [0.29, 0.717) is 31.6 Å². The molecule has 0 spiro atoms. The fourth-order valence-electron chi connectivity index (χ4n) is 2.41. The van der Waals surface area contributed by atoms with Crippen molar-refractivity contribution >= 4 is 17.6 Å². The van der Waals surface area contributed by atoms with E-state index in [1.54, 1.807) is 6.92 Å². The Morgan fingerprint density at radius 1 is 0.923 bits per heavy atom. The zero-order valence-electron chi connectivity index (χ0n) is 15.8. The summed E-state index contributed by atoms with van der Waals surface area (Å²) in [6, 6.07) is 7.59. The van der Waals surface area contributed by atoms with E-state index in [1.807, 2.05) is 24.3 Å². The van der Waals surface area contributed by atoms with Crippen molar-refractivity contribution in [1.29, 1.82) is 0 Å². The quantitative estimate of drug-likeness (QED) is 0.246. The number of carbonyl (C=O) groups excluding carboxylic acids is 2. The van der Waals surface area contributed by atoms with Crippen LogP contribution in [0.3, 0.4) is 0 Å². The number of benzene rings is 1. The average molecular weight is 361 g/mol. The lowest BCUT2D eigenvalue weighted by Gasteiger charge is -2.06. The third-order valence-electron chi connectivity index (χ3n) is 3.99. The van der Waals surface area contributed by atoms with Gasteiger partial charge in [-0.05, 0) is 37.5 Å². The highest BCUT2D eigenvalue weighted by atomic mass is 16.5. The zero-order chi connectivity index (χ0) is 19.2. The van der Waals surface area contributed by atoms with Crippen LogP contribution >= 0.6 is 0 Å². The number of unbranched alkanes of at least 4 members (excludes halogenated alkanes) is 5. The molecule has 1 rings (SSSR count). The average Bonchev–Trinajstić information content (AvgIpc) is 2.61. The first-order chi connectivity index (χ1) is 12.5. The van der Waals surface area contributed by atoms with Crippen LogP contribution in [0.15, 0.2) is 36.4 Å². The molecule has 0 amide bonds. The molecule has 0 saturated heterocycles. The molecule has 0 aliphatic rings. The van der Waals surface area contributed by atoms with Crippen LogP contribution in [-0.4, -0.2) is 25.2 Å². The molecule has 0 unspecified atom stereocenters. The van der Waals surface area contributed by atoms with E-state index in [1.165, 1.54) is 0 Å². The van der Waals surface area contributed by atoms with Crippen LogP contribution in [-0.2, 0) is 25.5 Å². The molecule has 0 radical (unpaired) electrons. The molecule has 0 saturated carbocycles. The molecule has 2 N–H and O–H groups in total. The van der Waals surface area contributed by atoms with Crippen molar-refractivity contribution in [3.8, 4) is 0 Å². The second kappa shape index (κ2) is 13.0. The second-order valence-corrected chi connectivity index (χ2v) is 6.50. The van der Waals surface area contributed by atoms with Gasteiger partial charge >= 0.3 is 11.9 Å². The molecule has 144 valence electrons. The van der Waals surface area contributed by atoms with Crippen LogP contribution in [0.4, 0.5) is 5.69 Å². The number of anilines is 1. The fraction of sp³-hybridized carbons (Fsp3) is 0.524. The van der Waals surface area contributed by atoms with Crippen molar-refractivity contribution in [3.63, 3.8) is 0 Å². The predicted octanol–water partition coefficient (Wildman–Crippen LogP) is 4.20. The Labute approximate surface area is 156 Å². The fourth-order valence-corrected chi connectivity index (χ4v) is 2.41. The number of nitrogens with two attached hydrogens (primary N) is 1. The minimum absolute atomic E-state index is 0.132. The first kappa shape index (κ1) is 21.7. The third kappa shape index (κ3) is 10.5. The summed E-state index contributed by atoms with van der Waals surface area (Å²) >= 11 is 0. The molecule has 0 aliphatic carbocycles. The molecule has 0 aliphatic heterocycles. The van der Waals surface area contributed by atoms with Crippen molar-refractivity contribution in [1.82, 2.24) is 0 Å². The standard InChI is InChI=1S/C21H31NO4/c1-17(2)21(24)26-15-8-6-4-3-5-7-9-20(23)25-16-14-18-10-12-19(22)13-11-18/h10-13H,1,3-9,14-16,22H2,2H3. The Balaban J connectivity index is 1.91. The number of nitrogen functional groups attached to an aromatic ring is 1. The Bertz CT molecular complexity index is 566. The van der Waals surface area contributed by atoms with Crippen molar-refractivity contribution in [2.24, 2.45) is 0 Å². The monoisotopic (exact) mass is 361 g/mol. The molecule has 0 atom stereocenters. The van der Waals surface area contributed by atoms with Gasteiger partial charge in [-0.1, -0.05) is 44.4 Å². The van der Waals surface area contributed by atoms with Gasteiger partial charge in [0.15, 0.2) is 0 Å². The lowest BCUT2D eigenvalue weighted by molar-refractivity contribution is -0.143. The van der Waals surface area contributed by atoms with Crippen LogP contribution in [0.5, 0.6) is 0 Å². The second-order valence-electron chi connectivity index (χ2n) is 6.50.